The summed E-state index contributed by atoms with van der Waals surface area (Å²) < 4.78 is 2.76. The summed E-state index contributed by atoms with van der Waals surface area (Å²) in [7, 11) is 0. The second kappa shape index (κ2) is 3.86. The maximum atomic E-state index is 5.75. The molecule has 2 aromatic heterocycles. The van der Waals surface area contributed by atoms with E-state index in [-0.39, 0.29) is 0 Å². The van der Waals surface area contributed by atoms with Gasteiger partial charge in [0.05, 0.1) is 15.9 Å². The molecule has 0 unspecified atom stereocenters. The van der Waals surface area contributed by atoms with Crippen LogP contribution in [-0.4, -0.2) is 19.7 Å². The zero-order valence-corrected chi connectivity index (χ0v) is 10.9. The molecule has 2 aromatic rings. The SMILES string of the molecule is Cc1nn(-c2ncnc(N)c2C)c(C)c1Br. The van der Waals surface area contributed by atoms with Gasteiger partial charge in [0.1, 0.15) is 12.1 Å². The molecule has 0 saturated heterocycles. The van der Waals surface area contributed by atoms with Crippen LogP contribution in [0.5, 0.6) is 0 Å². The highest BCUT2D eigenvalue weighted by atomic mass is 79.9. The summed E-state index contributed by atoms with van der Waals surface area (Å²) in [5, 5.41) is 4.41. The van der Waals surface area contributed by atoms with Crippen LogP contribution in [0.15, 0.2) is 10.8 Å². The molecule has 0 saturated carbocycles. The van der Waals surface area contributed by atoms with Crippen LogP contribution < -0.4 is 5.73 Å². The predicted molar refractivity (Wildman–Crippen MR) is 65.5 cm³/mol. The van der Waals surface area contributed by atoms with Crippen molar-refractivity contribution in [2.45, 2.75) is 20.8 Å². The number of nitrogen functional groups attached to an aromatic ring is 1. The Hall–Kier alpha value is -1.43. The number of hydrogen-bond acceptors (Lipinski definition) is 4. The summed E-state index contributed by atoms with van der Waals surface area (Å²) in [6.07, 6.45) is 1.45. The van der Waals surface area contributed by atoms with Crippen LogP contribution in [-0.2, 0) is 0 Å². The third-order valence-corrected chi connectivity index (χ3v) is 3.65. The largest absolute Gasteiger partial charge is 0.383 e. The number of hydrogen-bond donors (Lipinski definition) is 1. The van der Waals surface area contributed by atoms with Gasteiger partial charge in [0, 0.05) is 5.56 Å². The zero-order valence-electron chi connectivity index (χ0n) is 9.32. The lowest BCUT2D eigenvalue weighted by Gasteiger charge is -2.07. The van der Waals surface area contributed by atoms with Crippen LogP contribution in [0.4, 0.5) is 5.82 Å². The number of anilines is 1. The van der Waals surface area contributed by atoms with Crippen LogP contribution >= 0.6 is 15.9 Å². The first-order valence-corrected chi connectivity index (χ1v) is 5.61. The summed E-state index contributed by atoms with van der Waals surface area (Å²) in [6.45, 7) is 5.80. The van der Waals surface area contributed by atoms with E-state index < -0.39 is 0 Å². The average Bonchev–Trinajstić information content (AvgIpc) is 2.50. The first-order valence-electron chi connectivity index (χ1n) is 4.81. The number of nitrogens with two attached hydrogens (primary N) is 1. The molecule has 16 heavy (non-hydrogen) atoms. The highest BCUT2D eigenvalue weighted by Crippen LogP contribution is 2.24. The molecule has 6 heteroatoms. The lowest BCUT2D eigenvalue weighted by atomic mass is 10.3. The van der Waals surface area contributed by atoms with Gasteiger partial charge in [-0.05, 0) is 36.7 Å². The molecule has 84 valence electrons. The van der Waals surface area contributed by atoms with Crippen molar-refractivity contribution in [3.63, 3.8) is 0 Å². The Morgan fingerprint density at radius 3 is 2.50 bits per heavy atom. The van der Waals surface area contributed by atoms with Gasteiger partial charge in [-0.2, -0.15) is 5.10 Å². The van der Waals surface area contributed by atoms with Gasteiger partial charge in [-0.1, -0.05) is 0 Å². The first-order chi connectivity index (χ1) is 7.52. The third-order valence-electron chi connectivity index (χ3n) is 2.50. The molecular formula is C10H12BrN5. The van der Waals surface area contributed by atoms with Gasteiger partial charge in [0.2, 0.25) is 0 Å². The fourth-order valence-electron chi connectivity index (χ4n) is 1.50. The Morgan fingerprint density at radius 1 is 1.25 bits per heavy atom. The van der Waals surface area contributed by atoms with E-state index in [2.05, 4.69) is 31.0 Å². The smallest absolute Gasteiger partial charge is 0.162 e. The highest BCUT2D eigenvalue weighted by Gasteiger charge is 2.14. The Balaban J connectivity index is 2.68. The Labute approximate surface area is 102 Å². The van der Waals surface area contributed by atoms with Crippen LogP contribution in [0.25, 0.3) is 5.82 Å². The molecule has 0 amide bonds. The van der Waals surface area contributed by atoms with Gasteiger partial charge in [-0.25, -0.2) is 14.6 Å². The van der Waals surface area contributed by atoms with Gasteiger partial charge in [0.15, 0.2) is 5.82 Å². The quantitative estimate of drug-likeness (QED) is 0.867. The van der Waals surface area contributed by atoms with Gasteiger partial charge in [-0.3, -0.25) is 0 Å². The Morgan fingerprint density at radius 2 is 1.94 bits per heavy atom. The number of halogens is 1. The Kier molecular flexibility index (Phi) is 2.67. The van der Waals surface area contributed by atoms with Crippen molar-refractivity contribution in [3.8, 4) is 5.82 Å². The molecule has 0 bridgehead atoms. The topological polar surface area (TPSA) is 69.6 Å². The summed E-state index contributed by atoms with van der Waals surface area (Å²) in [4.78, 5) is 8.15. The normalized spacial score (nSPS) is 10.8. The highest BCUT2D eigenvalue weighted by molar-refractivity contribution is 9.10. The zero-order chi connectivity index (χ0) is 11.9. The van der Waals surface area contributed by atoms with Crippen molar-refractivity contribution in [1.82, 2.24) is 19.7 Å². The van der Waals surface area contributed by atoms with Crippen molar-refractivity contribution in [3.05, 3.63) is 27.8 Å². The molecule has 0 aliphatic carbocycles. The predicted octanol–water partition coefficient (Wildman–Crippen LogP) is 1.93. The van der Waals surface area contributed by atoms with Crippen molar-refractivity contribution in [2.24, 2.45) is 0 Å². The van der Waals surface area contributed by atoms with E-state index in [4.69, 9.17) is 5.73 Å². The lowest BCUT2D eigenvalue weighted by Crippen LogP contribution is -2.07. The van der Waals surface area contributed by atoms with Crippen molar-refractivity contribution in [1.29, 1.82) is 0 Å². The molecule has 0 radical (unpaired) electrons. The fourth-order valence-corrected chi connectivity index (χ4v) is 1.74. The van der Waals surface area contributed by atoms with Gasteiger partial charge in [0.25, 0.3) is 0 Å². The monoisotopic (exact) mass is 281 g/mol. The number of nitrogens with zero attached hydrogens (tertiary/aromatic N) is 4. The van der Waals surface area contributed by atoms with Crippen molar-refractivity contribution in [2.75, 3.05) is 5.73 Å². The van der Waals surface area contributed by atoms with Crippen LogP contribution in [0, 0.1) is 20.8 Å². The van der Waals surface area contributed by atoms with Crippen LogP contribution in [0.3, 0.4) is 0 Å². The lowest BCUT2D eigenvalue weighted by molar-refractivity contribution is 0.793. The molecule has 2 N–H and O–H groups in total. The van der Waals surface area contributed by atoms with E-state index in [0.717, 1.165) is 27.2 Å². The molecule has 0 atom stereocenters. The van der Waals surface area contributed by atoms with Gasteiger partial charge >= 0.3 is 0 Å². The van der Waals surface area contributed by atoms with E-state index in [1.807, 2.05) is 20.8 Å². The van der Waals surface area contributed by atoms with Crippen LogP contribution in [0.1, 0.15) is 17.0 Å². The second-order valence-electron chi connectivity index (χ2n) is 3.60. The van der Waals surface area contributed by atoms with Gasteiger partial charge < -0.3 is 5.73 Å². The minimum Gasteiger partial charge on any atom is -0.383 e. The maximum Gasteiger partial charge on any atom is 0.162 e. The van der Waals surface area contributed by atoms with E-state index in [0.29, 0.717) is 5.82 Å². The molecule has 0 fully saturated rings. The minimum atomic E-state index is 0.480. The average molecular weight is 282 g/mol. The van der Waals surface area contributed by atoms with Crippen LogP contribution in [0.2, 0.25) is 0 Å². The molecule has 0 spiro atoms. The summed E-state index contributed by atoms with van der Waals surface area (Å²) in [5.74, 6) is 1.20. The third kappa shape index (κ3) is 1.59. The maximum absolute atomic E-state index is 5.75. The molecule has 0 aromatic carbocycles. The summed E-state index contributed by atoms with van der Waals surface area (Å²) in [5.41, 5.74) is 8.51. The minimum absolute atomic E-state index is 0.480. The molecular weight excluding hydrogens is 270 g/mol. The molecule has 5 nitrogen and oxygen atoms in total. The standard InChI is InChI=1S/C10H12BrN5/c1-5-9(12)13-4-14-10(5)16-7(3)8(11)6(2)15-16/h4H,1-3H3,(H2,12,13,14). The van der Waals surface area contributed by atoms with Crippen molar-refractivity contribution < 1.29 is 0 Å². The van der Waals surface area contributed by atoms with E-state index in [1.54, 1.807) is 4.68 Å². The Bertz CT molecular complexity index is 546. The number of aryl methyl sites for hydroxylation is 1. The number of aromatic nitrogens is 4. The molecule has 0 aliphatic heterocycles. The number of rotatable bonds is 1. The van der Waals surface area contributed by atoms with E-state index in [9.17, 15) is 0 Å². The van der Waals surface area contributed by atoms with Gasteiger partial charge in [-0.15, -0.1) is 0 Å². The van der Waals surface area contributed by atoms with E-state index in [1.165, 1.54) is 6.33 Å². The molecule has 0 aliphatic rings. The van der Waals surface area contributed by atoms with Crippen molar-refractivity contribution >= 4 is 21.7 Å². The second-order valence-corrected chi connectivity index (χ2v) is 4.40. The fraction of sp³-hybridized carbons (Fsp3) is 0.300. The first kappa shape index (κ1) is 11.1. The molecule has 2 heterocycles. The molecule has 2 rings (SSSR count). The summed E-state index contributed by atoms with van der Waals surface area (Å²) in [6, 6.07) is 0. The van der Waals surface area contributed by atoms with E-state index >= 15 is 0 Å². The summed E-state index contributed by atoms with van der Waals surface area (Å²) >= 11 is 3.48.